The third kappa shape index (κ3) is 4.36. The molecular formula is C23H24FNO5. The van der Waals surface area contributed by atoms with Crippen LogP contribution in [0.5, 0.6) is 5.75 Å². The molecule has 2 aromatic rings. The predicted molar refractivity (Wildman–Crippen MR) is 110 cm³/mol. The first-order chi connectivity index (χ1) is 14.5. The molecule has 30 heavy (non-hydrogen) atoms. The fraction of sp³-hybridized carbons (Fsp3) is 0.304. The van der Waals surface area contributed by atoms with Crippen LogP contribution in [-0.4, -0.2) is 48.6 Å². The highest BCUT2D eigenvalue weighted by molar-refractivity contribution is 6.46. The molecular weight excluding hydrogens is 389 g/mol. The van der Waals surface area contributed by atoms with Crippen molar-refractivity contribution in [2.24, 2.45) is 0 Å². The summed E-state index contributed by atoms with van der Waals surface area (Å²) >= 11 is 0. The normalized spacial score (nSPS) is 18.1. The van der Waals surface area contributed by atoms with Gasteiger partial charge in [0, 0.05) is 25.8 Å². The number of likely N-dealkylation sites (tertiary alicyclic amines) is 1. The molecule has 0 bridgehead atoms. The van der Waals surface area contributed by atoms with E-state index in [1.807, 2.05) is 6.92 Å². The van der Waals surface area contributed by atoms with E-state index in [9.17, 15) is 19.1 Å². The topological polar surface area (TPSA) is 76.1 Å². The molecule has 1 N–H and O–H groups in total. The number of nitrogens with zero attached hydrogens (tertiary/aromatic N) is 1. The Morgan fingerprint density at radius 3 is 2.57 bits per heavy atom. The molecule has 1 aliphatic heterocycles. The Morgan fingerprint density at radius 1 is 1.17 bits per heavy atom. The van der Waals surface area contributed by atoms with Crippen molar-refractivity contribution in [1.29, 1.82) is 0 Å². The zero-order valence-electron chi connectivity index (χ0n) is 16.9. The molecule has 0 aliphatic carbocycles. The summed E-state index contributed by atoms with van der Waals surface area (Å²) in [6.45, 7) is 2.96. The lowest BCUT2D eigenvalue weighted by molar-refractivity contribution is -0.140. The zero-order chi connectivity index (χ0) is 21.7. The van der Waals surface area contributed by atoms with Crippen LogP contribution in [-0.2, 0) is 14.3 Å². The number of aliphatic hydroxyl groups is 1. The number of carbonyl (C=O) groups excluding carboxylic acids is 2. The van der Waals surface area contributed by atoms with E-state index in [0.29, 0.717) is 36.5 Å². The van der Waals surface area contributed by atoms with Crippen molar-refractivity contribution in [1.82, 2.24) is 4.90 Å². The lowest BCUT2D eigenvalue weighted by Crippen LogP contribution is -2.31. The summed E-state index contributed by atoms with van der Waals surface area (Å²) in [5, 5.41) is 11.0. The van der Waals surface area contributed by atoms with Crippen molar-refractivity contribution in [3.05, 3.63) is 71.0 Å². The van der Waals surface area contributed by atoms with Gasteiger partial charge in [0.1, 0.15) is 17.3 Å². The van der Waals surface area contributed by atoms with Gasteiger partial charge < -0.3 is 19.5 Å². The van der Waals surface area contributed by atoms with Gasteiger partial charge in [-0.05, 0) is 43.2 Å². The number of ether oxygens (including phenoxy) is 2. The van der Waals surface area contributed by atoms with E-state index >= 15 is 0 Å². The van der Waals surface area contributed by atoms with Gasteiger partial charge in [-0.15, -0.1) is 0 Å². The van der Waals surface area contributed by atoms with Gasteiger partial charge in [0.25, 0.3) is 11.7 Å². The van der Waals surface area contributed by atoms with Crippen molar-refractivity contribution in [3.63, 3.8) is 0 Å². The van der Waals surface area contributed by atoms with E-state index in [-0.39, 0.29) is 17.9 Å². The van der Waals surface area contributed by atoms with Crippen LogP contribution in [0.4, 0.5) is 4.39 Å². The maximum absolute atomic E-state index is 13.5. The maximum Gasteiger partial charge on any atom is 0.295 e. The molecule has 1 amide bonds. The molecule has 2 aromatic carbocycles. The number of hydrogen-bond donors (Lipinski definition) is 1. The summed E-state index contributed by atoms with van der Waals surface area (Å²) in [5.74, 6) is -1.67. The first-order valence-corrected chi connectivity index (χ1v) is 9.74. The molecule has 1 unspecified atom stereocenters. The molecule has 7 heteroatoms. The minimum absolute atomic E-state index is 0.0299. The van der Waals surface area contributed by atoms with Crippen LogP contribution in [0.25, 0.3) is 5.76 Å². The SMILES string of the molecule is CCOc1cccc(C(O)=C2C(=O)C(=O)N(CCCOC)C2c2ccc(F)cc2)c1. The van der Waals surface area contributed by atoms with Gasteiger partial charge in [0.15, 0.2) is 0 Å². The third-order valence-electron chi connectivity index (χ3n) is 4.89. The summed E-state index contributed by atoms with van der Waals surface area (Å²) in [4.78, 5) is 27.0. The molecule has 1 saturated heterocycles. The second-order valence-electron chi connectivity index (χ2n) is 6.85. The van der Waals surface area contributed by atoms with E-state index < -0.39 is 23.5 Å². The number of rotatable bonds is 8. The summed E-state index contributed by atoms with van der Waals surface area (Å²) in [5.41, 5.74) is 0.871. The van der Waals surface area contributed by atoms with E-state index in [0.717, 1.165) is 0 Å². The number of hydrogen-bond acceptors (Lipinski definition) is 5. The van der Waals surface area contributed by atoms with Gasteiger partial charge in [-0.25, -0.2) is 4.39 Å². The average molecular weight is 413 g/mol. The predicted octanol–water partition coefficient (Wildman–Crippen LogP) is 3.68. The van der Waals surface area contributed by atoms with Gasteiger partial charge in [0.2, 0.25) is 0 Å². The standard InChI is InChI=1S/C23H24FNO5/c1-3-30-18-7-4-6-16(14-18)21(26)19-20(15-8-10-17(24)11-9-15)25(12-5-13-29-2)23(28)22(19)27/h4,6-11,14,20,26H,3,5,12-13H2,1-2H3. The smallest absolute Gasteiger partial charge is 0.295 e. The van der Waals surface area contributed by atoms with Gasteiger partial charge in [-0.1, -0.05) is 24.3 Å². The summed E-state index contributed by atoms with van der Waals surface area (Å²) in [6, 6.07) is 11.4. The average Bonchev–Trinajstić information content (AvgIpc) is 2.99. The molecule has 0 radical (unpaired) electrons. The van der Waals surface area contributed by atoms with Gasteiger partial charge >= 0.3 is 0 Å². The lowest BCUT2D eigenvalue weighted by Gasteiger charge is -2.25. The summed E-state index contributed by atoms with van der Waals surface area (Å²) < 4.78 is 24.0. The van der Waals surface area contributed by atoms with E-state index in [1.54, 1.807) is 31.4 Å². The summed E-state index contributed by atoms with van der Waals surface area (Å²) in [7, 11) is 1.55. The van der Waals surface area contributed by atoms with Crippen LogP contribution in [0.2, 0.25) is 0 Å². The highest BCUT2D eigenvalue weighted by Crippen LogP contribution is 2.39. The van der Waals surface area contributed by atoms with Crippen LogP contribution in [0.1, 0.15) is 30.5 Å². The molecule has 1 aliphatic rings. The number of benzene rings is 2. The number of methoxy groups -OCH3 is 1. The number of amides is 1. The van der Waals surface area contributed by atoms with E-state index in [1.165, 1.54) is 29.2 Å². The molecule has 1 fully saturated rings. The van der Waals surface area contributed by atoms with Crippen LogP contribution < -0.4 is 4.74 Å². The fourth-order valence-corrected chi connectivity index (χ4v) is 3.54. The molecule has 6 nitrogen and oxygen atoms in total. The quantitative estimate of drug-likeness (QED) is 0.309. The number of aliphatic hydroxyl groups excluding tert-OH is 1. The maximum atomic E-state index is 13.5. The Kier molecular flexibility index (Phi) is 6.84. The van der Waals surface area contributed by atoms with Crippen molar-refractivity contribution >= 4 is 17.4 Å². The number of halogens is 1. The van der Waals surface area contributed by atoms with Crippen molar-refractivity contribution in [3.8, 4) is 5.75 Å². The van der Waals surface area contributed by atoms with Gasteiger partial charge in [0.05, 0.1) is 18.2 Å². The Bertz CT molecular complexity index is 954. The fourth-order valence-electron chi connectivity index (χ4n) is 3.54. The first kappa shape index (κ1) is 21.5. The van der Waals surface area contributed by atoms with E-state index in [2.05, 4.69) is 0 Å². The van der Waals surface area contributed by atoms with Gasteiger partial charge in [-0.3, -0.25) is 9.59 Å². The van der Waals surface area contributed by atoms with E-state index in [4.69, 9.17) is 9.47 Å². The molecule has 1 heterocycles. The Balaban J connectivity index is 2.10. The highest BCUT2D eigenvalue weighted by Gasteiger charge is 2.45. The molecule has 0 saturated carbocycles. The second kappa shape index (κ2) is 9.54. The number of ketones is 1. The van der Waals surface area contributed by atoms with Crippen LogP contribution in [0, 0.1) is 5.82 Å². The van der Waals surface area contributed by atoms with Crippen molar-refractivity contribution < 1.29 is 28.6 Å². The summed E-state index contributed by atoms with van der Waals surface area (Å²) in [6.07, 6.45) is 0.515. The second-order valence-corrected chi connectivity index (χ2v) is 6.85. The number of Topliss-reactive ketones (excluding diaryl/α,β-unsaturated/α-hetero) is 1. The first-order valence-electron chi connectivity index (χ1n) is 9.74. The van der Waals surface area contributed by atoms with Crippen LogP contribution in [0.15, 0.2) is 54.1 Å². The molecule has 3 rings (SSSR count). The molecule has 0 aromatic heterocycles. The van der Waals surface area contributed by atoms with Crippen molar-refractivity contribution in [2.45, 2.75) is 19.4 Å². The van der Waals surface area contributed by atoms with Gasteiger partial charge in [-0.2, -0.15) is 0 Å². The van der Waals surface area contributed by atoms with Crippen LogP contribution in [0.3, 0.4) is 0 Å². The van der Waals surface area contributed by atoms with Crippen molar-refractivity contribution in [2.75, 3.05) is 26.9 Å². The lowest BCUT2D eigenvalue weighted by atomic mass is 9.95. The zero-order valence-corrected chi connectivity index (χ0v) is 16.9. The molecule has 158 valence electrons. The largest absolute Gasteiger partial charge is 0.507 e. The Morgan fingerprint density at radius 2 is 1.90 bits per heavy atom. The third-order valence-corrected chi connectivity index (χ3v) is 4.89. The monoisotopic (exact) mass is 413 g/mol. The Labute approximate surface area is 174 Å². The molecule has 1 atom stereocenters. The highest BCUT2D eigenvalue weighted by atomic mass is 19.1. The molecule has 0 spiro atoms. The minimum atomic E-state index is -0.821. The Hall–Kier alpha value is -3.19. The number of carbonyl (C=O) groups is 2. The van der Waals surface area contributed by atoms with Crippen LogP contribution >= 0.6 is 0 Å². The minimum Gasteiger partial charge on any atom is -0.507 e.